The minimum absolute atomic E-state index is 0.0451. The average Bonchev–Trinajstić information content (AvgIpc) is 2.37. The van der Waals surface area contributed by atoms with Crippen LogP contribution in [0.2, 0.25) is 0 Å². The van der Waals surface area contributed by atoms with E-state index in [0.29, 0.717) is 12.1 Å². The molecule has 2 rings (SSSR count). The van der Waals surface area contributed by atoms with Crippen LogP contribution >= 0.6 is 0 Å². The molecule has 1 aromatic rings. The summed E-state index contributed by atoms with van der Waals surface area (Å²) < 4.78 is 0. The molecule has 0 saturated heterocycles. The van der Waals surface area contributed by atoms with Crippen LogP contribution in [0, 0.1) is 0 Å². The smallest absolute Gasteiger partial charge is 0.335 e. The molecule has 0 radical (unpaired) electrons. The van der Waals surface area contributed by atoms with Crippen molar-refractivity contribution in [3.05, 3.63) is 29.3 Å². The maximum atomic E-state index is 11.3. The number of aryl methyl sites for hydroxylation is 1. The fraction of sp³-hybridized carbons (Fsp3) is 0.273. The molecular formula is C11H11NO3. The summed E-state index contributed by atoms with van der Waals surface area (Å²) in [7, 11) is 0. The van der Waals surface area contributed by atoms with Crippen molar-refractivity contribution in [3.63, 3.8) is 0 Å². The number of carboxylic acids is 1. The number of hydrogen-bond donors (Lipinski definition) is 2. The molecule has 0 bridgehead atoms. The summed E-state index contributed by atoms with van der Waals surface area (Å²) in [5.74, 6) is -1.02. The molecule has 78 valence electrons. The molecule has 0 aliphatic carbocycles. The molecule has 1 amide bonds. The Bertz CT molecular complexity index is 426. The first-order valence-electron chi connectivity index (χ1n) is 4.83. The van der Waals surface area contributed by atoms with Gasteiger partial charge in [-0.1, -0.05) is 6.07 Å². The maximum Gasteiger partial charge on any atom is 0.335 e. The Morgan fingerprint density at radius 3 is 2.87 bits per heavy atom. The fourth-order valence-electron chi connectivity index (χ4n) is 1.70. The van der Waals surface area contributed by atoms with Crippen LogP contribution in [0.3, 0.4) is 0 Å². The molecule has 1 aliphatic rings. The van der Waals surface area contributed by atoms with Crippen molar-refractivity contribution in [2.45, 2.75) is 19.3 Å². The van der Waals surface area contributed by atoms with Gasteiger partial charge in [0.05, 0.1) is 5.56 Å². The van der Waals surface area contributed by atoms with Crippen molar-refractivity contribution in [2.75, 3.05) is 5.32 Å². The van der Waals surface area contributed by atoms with E-state index in [2.05, 4.69) is 5.32 Å². The molecular weight excluding hydrogens is 194 g/mol. The number of hydrogen-bond acceptors (Lipinski definition) is 2. The zero-order chi connectivity index (χ0) is 10.8. The van der Waals surface area contributed by atoms with E-state index in [1.165, 1.54) is 6.07 Å². The Kier molecular flexibility index (Phi) is 2.41. The Balaban J connectivity index is 2.41. The second-order valence-corrected chi connectivity index (χ2v) is 3.58. The van der Waals surface area contributed by atoms with E-state index >= 15 is 0 Å². The first-order valence-corrected chi connectivity index (χ1v) is 4.83. The Morgan fingerprint density at radius 2 is 2.13 bits per heavy atom. The molecule has 1 heterocycles. The highest BCUT2D eigenvalue weighted by atomic mass is 16.4. The Morgan fingerprint density at radius 1 is 1.33 bits per heavy atom. The summed E-state index contributed by atoms with van der Waals surface area (Å²) in [6.07, 6.45) is 2.12. The van der Waals surface area contributed by atoms with E-state index in [0.717, 1.165) is 18.4 Å². The summed E-state index contributed by atoms with van der Waals surface area (Å²) in [4.78, 5) is 22.0. The second kappa shape index (κ2) is 3.73. The highest BCUT2D eigenvalue weighted by Gasteiger charge is 2.14. The number of carbonyl (C=O) groups excluding carboxylic acids is 1. The Labute approximate surface area is 86.9 Å². The summed E-state index contributed by atoms with van der Waals surface area (Å²) in [5, 5.41) is 11.5. The average molecular weight is 205 g/mol. The molecule has 0 unspecified atom stereocenters. The van der Waals surface area contributed by atoms with Gasteiger partial charge in [-0.25, -0.2) is 4.79 Å². The molecule has 0 aromatic heterocycles. The normalized spacial score (nSPS) is 15.1. The minimum atomic E-state index is -0.976. The third-order valence-corrected chi connectivity index (χ3v) is 2.48. The molecule has 1 aliphatic heterocycles. The number of rotatable bonds is 1. The lowest BCUT2D eigenvalue weighted by Crippen LogP contribution is -2.10. The zero-order valence-corrected chi connectivity index (χ0v) is 8.12. The third kappa shape index (κ3) is 1.98. The lowest BCUT2D eigenvalue weighted by molar-refractivity contribution is -0.116. The van der Waals surface area contributed by atoms with Crippen molar-refractivity contribution in [1.82, 2.24) is 0 Å². The van der Waals surface area contributed by atoms with E-state index in [9.17, 15) is 9.59 Å². The topological polar surface area (TPSA) is 66.4 Å². The van der Waals surface area contributed by atoms with Crippen LogP contribution in [-0.4, -0.2) is 17.0 Å². The largest absolute Gasteiger partial charge is 0.478 e. The molecule has 0 saturated carbocycles. The van der Waals surface area contributed by atoms with Gasteiger partial charge in [-0.15, -0.1) is 0 Å². The van der Waals surface area contributed by atoms with E-state index in [-0.39, 0.29) is 11.5 Å². The molecule has 2 N–H and O–H groups in total. The van der Waals surface area contributed by atoms with Gasteiger partial charge in [-0.3, -0.25) is 4.79 Å². The molecule has 4 heteroatoms. The van der Waals surface area contributed by atoms with Gasteiger partial charge in [0.15, 0.2) is 0 Å². The molecule has 0 fully saturated rings. The molecule has 0 atom stereocenters. The summed E-state index contributed by atoms with van der Waals surface area (Å²) in [6, 6.07) is 4.85. The number of anilines is 1. The first kappa shape index (κ1) is 9.71. The zero-order valence-electron chi connectivity index (χ0n) is 8.12. The van der Waals surface area contributed by atoms with Gasteiger partial charge in [0, 0.05) is 12.1 Å². The maximum absolute atomic E-state index is 11.3. The third-order valence-electron chi connectivity index (χ3n) is 2.48. The van der Waals surface area contributed by atoms with Crippen LogP contribution in [0.25, 0.3) is 0 Å². The quantitative estimate of drug-likeness (QED) is 0.732. The molecule has 1 aromatic carbocycles. The van der Waals surface area contributed by atoms with Gasteiger partial charge in [0.2, 0.25) is 5.91 Å². The molecule has 0 spiro atoms. The van der Waals surface area contributed by atoms with Crippen LogP contribution in [0.5, 0.6) is 0 Å². The van der Waals surface area contributed by atoms with E-state index in [1.54, 1.807) is 12.1 Å². The van der Waals surface area contributed by atoms with Crippen LogP contribution in [0.1, 0.15) is 28.8 Å². The summed E-state index contributed by atoms with van der Waals surface area (Å²) in [5.41, 5.74) is 1.85. The van der Waals surface area contributed by atoms with Crippen LogP contribution in [0.4, 0.5) is 5.69 Å². The van der Waals surface area contributed by atoms with Gasteiger partial charge < -0.3 is 10.4 Å². The standard InChI is InChI=1S/C11H11NO3/c13-10-3-1-2-7-4-5-8(11(14)15)6-9(7)12-10/h4-6H,1-3H2,(H,12,13)(H,14,15). The molecule has 4 nitrogen and oxygen atoms in total. The molecule has 15 heavy (non-hydrogen) atoms. The van der Waals surface area contributed by atoms with Gasteiger partial charge in [-0.05, 0) is 30.5 Å². The van der Waals surface area contributed by atoms with Gasteiger partial charge in [0.25, 0.3) is 0 Å². The highest BCUT2D eigenvalue weighted by Crippen LogP contribution is 2.23. The van der Waals surface area contributed by atoms with E-state index < -0.39 is 5.97 Å². The summed E-state index contributed by atoms with van der Waals surface area (Å²) >= 11 is 0. The number of benzene rings is 1. The minimum Gasteiger partial charge on any atom is -0.478 e. The van der Waals surface area contributed by atoms with Crippen molar-refractivity contribution in [1.29, 1.82) is 0 Å². The monoisotopic (exact) mass is 205 g/mol. The van der Waals surface area contributed by atoms with Crippen LogP contribution in [-0.2, 0) is 11.2 Å². The second-order valence-electron chi connectivity index (χ2n) is 3.58. The predicted octanol–water partition coefficient (Wildman–Crippen LogP) is 1.66. The van der Waals surface area contributed by atoms with Crippen molar-refractivity contribution >= 4 is 17.6 Å². The van der Waals surface area contributed by atoms with Crippen molar-refractivity contribution in [3.8, 4) is 0 Å². The van der Waals surface area contributed by atoms with Gasteiger partial charge in [0.1, 0.15) is 0 Å². The number of aromatic carboxylic acids is 1. The lowest BCUT2D eigenvalue weighted by Gasteiger charge is -2.06. The Hall–Kier alpha value is -1.84. The predicted molar refractivity (Wildman–Crippen MR) is 55.0 cm³/mol. The number of fused-ring (bicyclic) bond motifs is 1. The number of nitrogens with one attached hydrogen (secondary N) is 1. The highest BCUT2D eigenvalue weighted by molar-refractivity contribution is 5.95. The number of carbonyl (C=O) groups is 2. The van der Waals surface area contributed by atoms with Gasteiger partial charge >= 0.3 is 5.97 Å². The number of amides is 1. The van der Waals surface area contributed by atoms with Crippen LogP contribution in [0.15, 0.2) is 18.2 Å². The SMILES string of the molecule is O=C1CCCc2ccc(C(=O)O)cc2N1. The van der Waals surface area contributed by atoms with Crippen molar-refractivity contribution < 1.29 is 14.7 Å². The van der Waals surface area contributed by atoms with Crippen molar-refractivity contribution in [2.24, 2.45) is 0 Å². The van der Waals surface area contributed by atoms with Gasteiger partial charge in [-0.2, -0.15) is 0 Å². The summed E-state index contributed by atoms with van der Waals surface area (Å²) in [6.45, 7) is 0. The fourth-order valence-corrected chi connectivity index (χ4v) is 1.70. The van der Waals surface area contributed by atoms with E-state index in [1.807, 2.05) is 0 Å². The van der Waals surface area contributed by atoms with Crippen LogP contribution < -0.4 is 5.32 Å². The first-order chi connectivity index (χ1) is 7.16. The van der Waals surface area contributed by atoms with E-state index in [4.69, 9.17) is 5.11 Å². The lowest BCUT2D eigenvalue weighted by atomic mass is 10.1. The number of carboxylic acid groups (broad SMARTS) is 1.